The molecule has 0 atom stereocenters. The summed E-state index contributed by atoms with van der Waals surface area (Å²) in [7, 11) is 0. The van der Waals surface area contributed by atoms with E-state index in [0.717, 1.165) is 28.3 Å². The van der Waals surface area contributed by atoms with Crippen LogP contribution in [0.4, 0.5) is 13.2 Å². The summed E-state index contributed by atoms with van der Waals surface area (Å²) in [6, 6.07) is 11.1. The highest BCUT2D eigenvalue weighted by molar-refractivity contribution is 7.99. The zero-order chi connectivity index (χ0) is 21.1. The lowest BCUT2D eigenvalue weighted by Gasteiger charge is -2.28. The molecular weight excluding hydrogens is 415 g/mol. The predicted molar refractivity (Wildman–Crippen MR) is 106 cm³/mol. The lowest BCUT2D eigenvalue weighted by atomic mass is 10.00. The van der Waals surface area contributed by atoms with Gasteiger partial charge in [-0.05, 0) is 29.7 Å². The number of carbonyl (C=O) groups excluding carboxylic acids is 1. The smallest absolute Gasteiger partial charge is 0.337 e. The van der Waals surface area contributed by atoms with Crippen LogP contribution < -0.4 is 0 Å². The highest BCUT2D eigenvalue weighted by atomic mass is 32.2. The van der Waals surface area contributed by atoms with Gasteiger partial charge in [0.05, 0.1) is 5.75 Å². The van der Waals surface area contributed by atoms with Gasteiger partial charge in [0, 0.05) is 31.0 Å². The molecule has 1 aliphatic rings. The van der Waals surface area contributed by atoms with Gasteiger partial charge in [0.15, 0.2) is 11.0 Å². The van der Waals surface area contributed by atoms with Crippen LogP contribution in [0.3, 0.4) is 0 Å². The minimum absolute atomic E-state index is 0.00545. The molecule has 0 unspecified atom stereocenters. The minimum atomic E-state index is -4.44. The number of aromatic nitrogens is 4. The van der Waals surface area contributed by atoms with Crippen molar-refractivity contribution in [1.82, 2.24) is 24.6 Å². The van der Waals surface area contributed by atoms with Gasteiger partial charge in [0.25, 0.3) is 0 Å². The van der Waals surface area contributed by atoms with Crippen molar-refractivity contribution >= 4 is 17.7 Å². The first-order chi connectivity index (χ1) is 14.4. The number of carbonyl (C=O) groups is 1. The van der Waals surface area contributed by atoms with E-state index in [2.05, 4.69) is 15.2 Å². The number of amides is 1. The van der Waals surface area contributed by atoms with Crippen molar-refractivity contribution in [3.63, 3.8) is 0 Å². The van der Waals surface area contributed by atoms with E-state index in [9.17, 15) is 18.0 Å². The van der Waals surface area contributed by atoms with Crippen molar-refractivity contribution in [2.75, 3.05) is 12.3 Å². The van der Waals surface area contributed by atoms with Gasteiger partial charge in [0.1, 0.15) is 6.54 Å². The van der Waals surface area contributed by atoms with Crippen LogP contribution in [0.25, 0.3) is 11.4 Å². The average molecular weight is 433 g/mol. The third-order valence-electron chi connectivity index (χ3n) is 4.80. The molecule has 3 heterocycles. The molecule has 0 fully saturated rings. The normalized spacial score (nSPS) is 13.9. The van der Waals surface area contributed by atoms with Gasteiger partial charge >= 0.3 is 6.18 Å². The lowest BCUT2D eigenvalue weighted by Crippen LogP contribution is -2.37. The third-order valence-corrected chi connectivity index (χ3v) is 5.75. The summed E-state index contributed by atoms with van der Waals surface area (Å²) in [5.41, 5.74) is 2.80. The molecule has 0 saturated carbocycles. The Morgan fingerprint density at radius 1 is 1.07 bits per heavy atom. The maximum absolute atomic E-state index is 13.2. The van der Waals surface area contributed by atoms with Gasteiger partial charge in [0.2, 0.25) is 5.91 Å². The standard InChI is InChI=1S/C20H18F3N5OS/c21-20(22,23)13-28-18(15-5-8-24-9-6-15)25-26-19(28)30-12-17(29)27-10-7-14-3-1-2-4-16(14)11-27/h1-6,8-9H,7,10-13H2. The van der Waals surface area contributed by atoms with Gasteiger partial charge < -0.3 is 4.90 Å². The largest absolute Gasteiger partial charge is 0.406 e. The zero-order valence-corrected chi connectivity index (χ0v) is 16.7. The molecule has 6 nitrogen and oxygen atoms in total. The number of halogens is 3. The number of alkyl halides is 3. The molecule has 1 aromatic carbocycles. The molecule has 0 aliphatic carbocycles. The first kappa shape index (κ1) is 20.4. The molecule has 0 saturated heterocycles. The van der Waals surface area contributed by atoms with Crippen molar-refractivity contribution in [2.24, 2.45) is 0 Å². The maximum Gasteiger partial charge on any atom is 0.406 e. The number of rotatable bonds is 5. The van der Waals surface area contributed by atoms with Crippen LogP contribution in [0.5, 0.6) is 0 Å². The van der Waals surface area contributed by atoms with Gasteiger partial charge in [-0.25, -0.2) is 0 Å². The topological polar surface area (TPSA) is 63.9 Å². The van der Waals surface area contributed by atoms with E-state index in [-0.39, 0.29) is 22.6 Å². The molecule has 0 N–H and O–H groups in total. The van der Waals surface area contributed by atoms with Crippen molar-refractivity contribution in [2.45, 2.75) is 30.8 Å². The number of hydrogen-bond acceptors (Lipinski definition) is 5. The van der Waals surface area contributed by atoms with Crippen molar-refractivity contribution in [3.05, 3.63) is 59.9 Å². The van der Waals surface area contributed by atoms with E-state index in [4.69, 9.17) is 0 Å². The fourth-order valence-corrected chi connectivity index (χ4v) is 4.20. The van der Waals surface area contributed by atoms with Gasteiger partial charge in [-0.3, -0.25) is 14.3 Å². The Hall–Kier alpha value is -2.88. The maximum atomic E-state index is 13.2. The fourth-order valence-electron chi connectivity index (χ4n) is 3.36. The van der Waals surface area contributed by atoms with Crippen LogP contribution in [0.2, 0.25) is 0 Å². The molecule has 156 valence electrons. The van der Waals surface area contributed by atoms with Crippen LogP contribution in [0.15, 0.2) is 53.9 Å². The number of pyridine rings is 1. The summed E-state index contributed by atoms with van der Waals surface area (Å²) >= 11 is 0.969. The highest BCUT2D eigenvalue weighted by Gasteiger charge is 2.32. The predicted octanol–water partition coefficient (Wildman–Crippen LogP) is 3.58. The van der Waals surface area contributed by atoms with Crippen molar-refractivity contribution in [3.8, 4) is 11.4 Å². The van der Waals surface area contributed by atoms with E-state index < -0.39 is 12.7 Å². The summed E-state index contributed by atoms with van der Waals surface area (Å²) in [4.78, 5) is 18.3. The first-order valence-electron chi connectivity index (χ1n) is 9.28. The van der Waals surface area contributed by atoms with E-state index >= 15 is 0 Å². The molecular formula is C20H18F3N5OS. The third kappa shape index (κ3) is 4.64. The van der Waals surface area contributed by atoms with Crippen LogP contribution in [0.1, 0.15) is 11.1 Å². The number of thioether (sulfide) groups is 1. The molecule has 10 heteroatoms. The number of nitrogens with zero attached hydrogens (tertiary/aromatic N) is 5. The van der Waals surface area contributed by atoms with Gasteiger partial charge in [-0.1, -0.05) is 36.0 Å². The van der Waals surface area contributed by atoms with Crippen molar-refractivity contribution < 1.29 is 18.0 Å². The summed E-state index contributed by atoms with van der Waals surface area (Å²) in [5.74, 6) is -0.0489. The second kappa shape index (κ2) is 8.47. The van der Waals surface area contributed by atoms with Gasteiger partial charge in [-0.2, -0.15) is 13.2 Å². The van der Waals surface area contributed by atoms with Gasteiger partial charge in [-0.15, -0.1) is 10.2 Å². The second-order valence-corrected chi connectivity index (χ2v) is 7.81. The van der Waals surface area contributed by atoms with E-state index in [1.54, 1.807) is 17.0 Å². The van der Waals surface area contributed by atoms with E-state index in [1.807, 2.05) is 24.3 Å². The Morgan fingerprint density at radius 2 is 1.80 bits per heavy atom. The Labute approximate surface area is 175 Å². The zero-order valence-electron chi connectivity index (χ0n) is 15.8. The van der Waals surface area contributed by atoms with E-state index in [1.165, 1.54) is 18.0 Å². The molecule has 4 rings (SSSR count). The number of hydrogen-bond donors (Lipinski definition) is 0. The molecule has 3 aromatic rings. The lowest BCUT2D eigenvalue weighted by molar-refractivity contribution is -0.141. The van der Waals surface area contributed by atoms with Crippen molar-refractivity contribution in [1.29, 1.82) is 0 Å². The van der Waals surface area contributed by atoms with Crippen LogP contribution in [-0.4, -0.2) is 49.0 Å². The van der Waals surface area contributed by atoms with Crippen LogP contribution in [-0.2, 0) is 24.3 Å². The summed E-state index contributed by atoms with van der Waals surface area (Å²) < 4.78 is 40.5. The Bertz CT molecular complexity index is 1040. The molecule has 0 bridgehead atoms. The Balaban J connectivity index is 1.49. The molecule has 0 radical (unpaired) electrons. The quantitative estimate of drug-likeness (QED) is 0.576. The monoisotopic (exact) mass is 433 g/mol. The molecule has 0 spiro atoms. The average Bonchev–Trinajstić information content (AvgIpc) is 3.13. The molecule has 1 aliphatic heterocycles. The Morgan fingerprint density at radius 3 is 2.53 bits per heavy atom. The fraction of sp³-hybridized carbons (Fsp3) is 0.300. The number of benzene rings is 1. The SMILES string of the molecule is O=C(CSc1nnc(-c2ccncc2)n1CC(F)(F)F)N1CCc2ccccc2C1. The molecule has 2 aromatic heterocycles. The molecule has 1 amide bonds. The highest BCUT2D eigenvalue weighted by Crippen LogP contribution is 2.29. The summed E-state index contributed by atoms with van der Waals surface area (Å²) in [6.07, 6.45) is -0.720. The second-order valence-electron chi connectivity index (χ2n) is 6.87. The van der Waals surface area contributed by atoms with E-state index in [0.29, 0.717) is 18.7 Å². The molecule has 30 heavy (non-hydrogen) atoms. The van der Waals surface area contributed by atoms with Crippen LogP contribution in [0, 0.1) is 0 Å². The Kier molecular flexibility index (Phi) is 5.76. The summed E-state index contributed by atoms with van der Waals surface area (Å²) in [5, 5.41) is 7.90. The number of fused-ring (bicyclic) bond motifs is 1. The van der Waals surface area contributed by atoms with Crippen LogP contribution >= 0.6 is 11.8 Å². The first-order valence-corrected chi connectivity index (χ1v) is 10.3. The summed E-state index contributed by atoms with van der Waals surface area (Å²) in [6.45, 7) is -0.133. The minimum Gasteiger partial charge on any atom is -0.337 e.